The van der Waals surface area contributed by atoms with Crippen LogP contribution in [0.15, 0.2) is 52.7 Å². The fourth-order valence-corrected chi connectivity index (χ4v) is 1.63. The molecule has 102 valence electrons. The average Bonchev–Trinajstić information content (AvgIpc) is 2.46. The van der Waals surface area contributed by atoms with Crippen LogP contribution in [0.2, 0.25) is 0 Å². The molecular weight excluding hydrogens is 258 g/mol. The third-order valence-electron chi connectivity index (χ3n) is 2.74. The minimum atomic E-state index is -0.433. The van der Waals surface area contributed by atoms with Gasteiger partial charge in [-0.25, -0.2) is 0 Å². The van der Waals surface area contributed by atoms with Crippen LogP contribution < -0.4 is 4.74 Å². The van der Waals surface area contributed by atoms with Crippen LogP contribution in [0, 0.1) is 17.0 Å². The lowest BCUT2D eigenvalue weighted by molar-refractivity contribution is -0.384. The summed E-state index contributed by atoms with van der Waals surface area (Å²) in [6, 6.07) is 11.6. The van der Waals surface area contributed by atoms with E-state index in [9.17, 15) is 10.1 Å². The van der Waals surface area contributed by atoms with Gasteiger partial charge in [0.1, 0.15) is 5.75 Å². The maximum Gasteiger partial charge on any atom is 0.269 e. The predicted molar refractivity (Wildman–Crippen MR) is 75.0 cm³/mol. The topological polar surface area (TPSA) is 77.1 Å². The standard InChI is InChI=1S/C14H13N3O3/c1-10-9-12(17(18)19)5-8-14(10)16-15-11-3-6-13(20-2)7-4-11/h3-9H,1-2H3. The lowest BCUT2D eigenvalue weighted by Crippen LogP contribution is -1.87. The number of rotatable bonds is 4. The van der Waals surface area contributed by atoms with Crippen LogP contribution in [0.5, 0.6) is 5.75 Å². The van der Waals surface area contributed by atoms with Crippen molar-refractivity contribution in [2.24, 2.45) is 10.2 Å². The molecule has 0 saturated carbocycles. The molecule has 0 atom stereocenters. The van der Waals surface area contributed by atoms with Crippen molar-refractivity contribution in [3.05, 3.63) is 58.1 Å². The molecule has 0 aromatic heterocycles. The molecule has 0 heterocycles. The van der Waals surface area contributed by atoms with Crippen LogP contribution in [-0.4, -0.2) is 12.0 Å². The summed E-state index contributed by atoms with van der Waals surface area (Å²) in [7, 11) is 1.59. The van der Waals surface area contributed by atoms with Gasteiger partial charge >= 0.3 is 0 Å². The SMILES string of the molecule is COc1ccc(N=Nc2ccc([N+](=O)[O-])cc2C)cc1. The molecule has 0 spiro atoms. The quantitative estimate of drug-likeness (QED) is 0.471. The maximum atomic E-state index is 10.6. The second-order valence-electron chi connectivity index (χ2n) is 4.13. The van der Waals surface area contributed by atoms with Gasteiger partial charge in [0.25, 0.3) is 5.69 Å². The number of nitrogens with zero attached hydrogens (tertiary/aromatic N) is 3. The van der Waals surface area contributed by atoms with E-state index in [0.29, 0.717) is 16.9 Å². The second kappa shape index (κ2) is 5.92. The number of nitro benzene ring substituents is 1. The number of hydrogen-bond acceptors (Lipinski definition) is 5. The van der Waals surface area contributed by atoms with Crippen LogP contribution >= 0.6 is 0 Å². The lowest BCUT2D eigenvalue weighted by atomic mass is 10.2. The summed E-state index contributed by atoms with van der Waals surface area (Å²) in [5.41, 5.74) is 2.04. The van der Waals surface area contributed by atoms with Gasteiger partial charge in [-0.1, -0.05) is 0 Å². The molecule has 0 fully saturated rings. The number of ether oxygens (including phenoxy) is 1. The Labute approximate surface area is 115 Å². The summed E-state index contributed by atoms with van der Waals surface area (Å²) in [5, 5.41) is 18.8. The van der Waals surface area contributed by atoms with E-state index in [1.54, 1.807) is 44.4 Å². The van der Waals surface area contributed by atoms with E-state index in [1.165, 1.54) is 12.1 Å². The highest BCUT2D eigenvalue weighted by Gasteiger charge is 2.07. The molecule has 0 aliphatic carbocycles. The Balaban J connectivity index is 2.20. The van der Waals surface area contributed by atoms with Crippen molar-refractivity contribution in [3.63, 3.8) is 0 Å². The summed E-state index contributed by atoms with van der Waals surface area (Å²) in [6.07, 6.45) is 0. The van der Waals surface area contributed by atoms with E-state index >= 15 is 0 Å². The van der Waals surface area contributed by atoms with Gasteiger partial charge in [-0.15, -0.1) is 0 Å². The molecule has 0 aliphatic rings. The molecule has 0 radical (unpaired) electrons. The highest BCUT2D eigenvalue weighted by atomic mass is 16.6. The first kappa shape index (κ1) is 13.7. The van der Waals surface area contributed by atoms with Crippen LogP contribution in [0.4, 0.5) is 17.1 Å². The number of methoxy groups -OCH3 is 1. The molecule has 0 amide bonds. The third kappa shape index (κ3) is 3.17. The lowest BCUT2D eigenvalue weighted by Gasteiger charge is -2.00. The molecule has 20 heavy (non-hydrogen) atoms. The van der Waals surface area contributed by atoms with Gasteiger partial charge in [0.2, 0.25) is 0 Å². The minimum absolute atomic E-state index is 0.0471. The highest BCUT2D eigenvalue weighted by Crippen LogP contribution is 2.26. The van der Waals surface area contributed by atoms with E-state index in [1.807, 2.05) is 0 Å². The molecule has 0 bridgehead atoms. The minimum Gasteiger partial charge on any atom is -0.497 e. The zero-order valence-electron chi connectivity index (χ0n) is 11.1. The van der Waals surface area contributed by atoms with E-state index in [4.69, 9.17) is 4.74 Å². The largest absolute Gasteiger partial charge is 0.497 e. The van der Waals surface area contributed by atoms with E-state index in [2.05, 4.69) is 10.2 Å². The first-order valence-electron chi connectivity index (χ1n) is 5.91. The summed E-state index contributed by atoms with van der Waals surface area (Å²) < 4.78 is 5.05. The molecule has 2 aromatic rings. The van der Waals surface area contributed by atoms with Gasteiger partial charge in [0, 0.05) is 12.1 Å². The van der Waals surface area contributed by atoms with Gasteiger partial charge in [-0.2, -0.15) is 10.2 Å². The van der Waals surface area contributed by atoms with Crippen molar-refractivity contribution >= 4 is 17.1 Å². The van der Waals surface area contributed by atoms with Gasteiger partial charge in [0.15, 0.2) is 0 Å². The van der Waals surface area contributed by atoms with E-state index < -0.39 is 4.92 Å². The second-order valence-corrected chi connectivity index (χ2v) is 4.13. The zero-order chi connectivity index (χ0) is 14.5. The van der Waals surface area contributed by atoms with Gasteiger partial charge in [-0.05, 0) is 42.8 Å². The molecule has 2 rings (SSSR count). The Morgan fingerprint density at radius 1 is 1.10 bits per heavy atom. The van der Waals surface area contributed by atoms with E-state index in [0.717, 1.165) is 5.75 Å². The Hall–Kier alpha value is -2.76. The molecule has 0 unspecified atom stereocenters. The van der Waals surface area contributed by atoms with Gasteiger partial charge in [-0.3, -0.25) is 10.1 Å². The average molecular weight is 271 g/mol. The first-order valence-corrected chi connectivity index (χ1v) is 5.91. The number of azo groups is 1. The summed E-state index contributed by atoms with van der Waals surface area (Å²) in [4.78, 5) is 10.2. The summed E-state index contributed by atoms with van der Waals surface area (Å²) in [6.45, 7) is 1.76. The molecule has 6 heteroatoms. The van der Waals surface area contributed by atoms with Crippen LogP contribution in [0.25, 0.3) is 0 Å². The number of benzene rings is 2. The molecule has 6 nitrogen and oxygen atoms in total. The highest BCUT2D eigenvalue weighted by molar-refractivity contribution is 5.51. The van der Waals surface area contributed by atoms with Crippen molar-refractivity contribution in [2.45, 2.75) is 6.92 Å². The number of aryl methyl sites for hydroxylation is 1. The monoisotopic (exact) mass is 271 g/mol. The predicted octanol–water partition coefficient (Wildman–Crippen LogP) is 4.33. The Bertz CT molecular complexity index is 651. The van der Waals surface area contributed by atoms with Crippen LogP contribution in [-0.2, 0) is 0 Å². The maximum absolute atomic E-state index is 10.6. The van der Waals surface area contributed by atoms with Gasteiger partial charge in [0.05, 0.1) is 23.4 Å². The van der Waals surface area contributed by atoms with Crippen LogP contribution in [0.3, 0.4) is 0 Å². The van der Waals surface area contributed by atoms with Crippen molar-refractivity contribution in [1.82, 2.24) is 0 Å². The number of hydrogen-bond donors (Lipinski definition) is 0. The first-order chi connectivity index (χ1) is 9.60. The third-order valence-corrected chi connectivity index (χ3v) is 2.74. The molecule has 0 N–H and O–H groups in total. The summed E-state index contributed by atoms with van der Waals surface area (Å²) >= 11 is 0. The van der Waals surface area contributed by atoms with Crippen molar-refractivity contribution in [2.75, 3.05) is 7.11 Å². The Morgan fingerprint density at radius 3 is 2.35 bits per heavy atom. The van der Waals surface area contributed by atoms with Crippen molar-refractivity contribution in [1.29, 1.82) is 0 Å². The molecule has 0 saturated heterocycles. The van der Waals surface area contributed by atoms with Crippen LogP contribution in [0.1, 0.15) is 5.56 Å². The number of nitro groups is 1. The normalized spacial score (nSPS) is 10.7. The Kier molecular flexibility index (Phi) is 4.05. The fourth-order valence-electron chi connectivity index (χ4n) is 1.63. The number of non-ortho nitro benzene ring substituents is 1. The van der Waals surface area contributed by atoms with E-state index in [-0.39, 0.29) is 5.69 Å². The molecular formula is C14H13N3O3. The van der Waals surface area contributed by atoms with Gasteiger partial charge < -0.3 is 4.74 Å². The fraction of sp³-hybridized carbons (Fsp3) is 0.143. The summed E-state index contributed by atoms with van der Waals surface area (Å²) in [5.74, 6) is 0.746. The molecule has 2 aromatic carbocycles. The molecule has 0 aliphatic heterocycles. The van der Waals surface area contributed by atoms with Crippen molar-refractivity contribution < 1.29 is 9.66 Å². The Morgan fingerprint density at radius 2 is 1.80 bits per heavy atom. The zero-order valence-corrected chi connectivity index (χ0v) is 11.1. The smallest absolute Gasteiger partial charge is 0.269 e. The van der Waals surface area contributed by atoms with Crippen molar-refractivity contribution in [3.8, 4) is 5.75 Å².